The number of hydrogen-bond donors (Lipinski definition) is 2. The minimum atomic E-state index is -0.350. The van der Waals surface area contributed by atoms with E-state index >= 15 is 0 Å². The Labute approximate surface area is 209 Å². The summed E-state index contributed by atoms with van der Waals surface area (Å²) in [6.45, 7) is 6.62. The van der Waals surface area contributed by atoms with E-state index in [1.54, 1.807) is 36.7 Å². The highest BCUT2D eigenvalue weighted by molar-refractivity contribution is 6.06. The number of benzene rings is 2. The summed E-state index contributed by atoms with van der Waals surface area (Å²) in [6, 6.07) is 18.0. The van der Waals surface area contributed by atoms with Crippen molar-refractivity contribution in [3.05, 3.63) is 95.4 Å². The number of anilines is 1. The van der Waals surface area contributed by atoms with Crippen molar-refractivity contribution in [1.82, 2.24) is 15.5 Å². The lowest BCUT2D eigenvalue weighted by Crippen LogP contribution is -2.22. The molecule has 0 aliphatic carbocycles. The molecule has 2 N–H and O–H groups in total. The number of aromatic nitrogens is 2. The number of amides is 2. The van der Waals surface area contributed by atoms with Crippen molar-refractivity contribution in [2.45, 2.75) is 32.7 Å². The summed E-state index contributed by atoms with van der Waals surface area (Å²) in [5.41, 5.74) is 3.69. The maximum atomic E-state index is 13.1. The summed E-state index contributed by atoms with van der Waals surface area (Å²) in [4.78, 5) is 29.6. The lowest BCUT2D eigenvalue weighted by atomic mass is 9.86. The Morgan fingerprint density at radius 2 is 1.75 bits per heavy atom. The van der Waals surface area contributed by atoms with Crippen molar-refractivity contribution >= 4 is 17.5 Å². The van der Waals surface area contributed by atoms with E-state index in [1.807, 2.05) is 36.4 Å². The average molecular weight is 485 g/mol. The molecule has 0 aliphatic heterocycles. The van der Waals surface area contributed by atoms with E-state index < -0.39 is 0 Å². The van der Waals surface area contributed by atoms with Gasteiger partial charge >= 0.3 is 0 Å². The molecule has 2 aromatic carbocycles. The van der Waals surface area contributed by atoms with Gasteiger partial charge in [0.05, 0.1) is 12.7 Å². The van der Waals surface area contributed by atoms with E-state index in [-0.39, 0.29) is 22.9 Å². The summed E-state index contributed by atoms with van der Waals surface area (Å²) in [7, 11) is 1.54. The zero-order valence-electron chi connectivity index (χ0n) is 20.7. The number of carbonyl (C=O) groups is 2. The highest BCUT2D eigenvalue weighted by Crippen LogP contribution is 2.29. The van der Waals surface area contributed by atoms with Gasteiger partial charge in [0.1, 0.15) is 5.75 Å². The van der Waals surface area contributed by atoms with Crippen molar-refractivity contribution in [2.75, 3.05) is 12.4 Å². The molecule has 2 aromatic heterocycles. The van der Waals surface area contributed by atoms with Gasteiger partial charge in [0.15, 0.2) is 11.5 Å². The summed E-state index contributed by atoms with van der Waals surface area (Å²) in [5, 5.41) is 9.62. The van der Waals surface area contributed by atoms with Crippen LogP contribution in [-0.2, 0) is 12.0 Å². The van der Waals surface area contributed by atoms with Gasteiger partial charge in [0, 0.05) is 36.3 Å². The Morgan fingerprint density at radius 3 is 2.47 bits per heavy atom. The SMILES string of the molecule is COc1ccc(C(C)(C)C)cc1C(=O)Nc1cccc(-c2cc(C(=O)NCc3ccncc3)no2)c1. The first-order valence-electron chi connectivity index (χ1n) is 11.5. The maximum absolute atomic E-state index is 13.1. The fourth-order valence-corrected chi connectivity index (χ4v) is 3.59. The van der Waals surface area contributed by atoms with Crippen molar-refractivity contribution < 1.29 is 18.8 Å². The molecule has 0 unspecified atom stereocenters. The molecule has 0 fully saturated rings. The van der Waals surface area contributed by atoms with Crippen molar-refractivity contribution in [1.29, 1.82) is 0 Å². The molecule has 36 heavy (non-hydrogen) atoms. The van der Waals surface area contributed by atoms with Crippen LogP contribution in [0, 0.1) is 0 Å². The molecule has 0 aliphatic rings. The van der Waals surface area contributed by atoms with Crippen molar-refractivity contribution in [2.24, 2.45) is 0 Å². The minimum absolute atomic E-state index is 0.115. The highest BCUT2D eigenvalue weighted by Gasteiger charge is 2.20. The van der Waals surface area contributed by atoms with Crippen LogP contribution in [0.2, 0.25) is 0 Å². The molecular formula is C28H28N4O4. The number of nitrogens with one attached hydrogen (secondary N) is 2. The number of hydrogen-bond acceptors (Lipinski definition) is 6. The smallest absolute Gasteiger partial charge is 0.273 e. The standard InChI is InChI=1S/C28H28N4O4/c1-28(2,3)20-8-9-24(35-4)22(15-20)26(33)31-21-7-5-6-19(14-21)25-16-23(32-36-25)27(34)30-17-18-10-12-29-13-11-18/h5-16H,17H2,1-4H3,(H,30,34)(H,31,33). The third kappa shape index (κ3) is 5.78. The largest absolute Gasteiger partial charge is 0.496 e. The van der Waals surface area contributed by atoms with E-state index in [2.05, 4.69) is 41.5 Å². The second-order valence-corrected chi connectivity index (χ2v) is 9.31. The average Bonchev–Trinajstić information content (AvgIpc) is 3.38. The zero-order chi connectivity index (χ0) is 25.7. The molecule has 4 aromatic rings. The van der Waals surface area contributed by atoms with Gasteiger partial charge in [-0.05, 0) is 52.9 Å². The third-order valence-electron chi connectivity index (χ3n) is 5.66. The van der Waals surface area contributed by atoms with Gasteiger partial charge in [-0.15, -0.1) is 0 Å². The lowest BCUT2D eigenvalue weighted by molar-refractivity contribution is 0.0941. The number of carbonyl (C=O) groups excluding carboxylic acids is 2. The topological polar surface area (TPSA) is 106 Å². The molecule has 184 valence electrons. The first-order valence-corrected chi connectivity index (χ1v) is 11.5. The van der Waals surface area contributed by atoms with Crippen LogP contribution >= 0.6 is 0 Å². The van der Waals surface area contributed by atoms with Crippen LogP contribution < -0.4 is 15.4 Å². The summed E-state index contributed by atoms with van der Waals surface area (Å²) < 4.78 is 10.8. The molecule has 2 heterocycles. The Bertz CT molecular complexity index is 1370. The molecule has 0 saturated carbocycles. The summed E-state index contributed by atoms with van der Waals surface area (Å²) >= 11 is 0. The Hall–Kier alpha value is -4.46. The van der Waals surface area contributed by atoms with Gasteiger partial charge in [-0.3, -0.25) is 14.6 Å². The van der Waals surface area contributed by atoms with Crippen LogP contribution in [-0.4, -0.2) is 29.1 Å². The van der Waals surface area contributed by atoms with Gasteiger partial charge in [-0.1, -0.05) is 44.1 Å². The van der Waals surface area contributed by atoms with Crippen molar-refractivity contribution in [3.63, 3.8) is 0 Å². The molecular weight excluding hydrogens is 456 g/mol. The minimum Gasteiger partial charge on any atom is -0.496 e. The first kappa shape index (κ1) is 24.7. The fraction of sp³-hybridized carbons (Fsp3) is 0.214. The van der Waals surface area contributed by atoms with Crippen LogP contribution in [0.25, 0.3) is 11.3 Å². The van der Waals surface area contributed by atoms with Crippen LogP contribution in [0.5, 0.6) is 5.75 Å². The zero-order valence-corrected chi connectivity index (χ0v) is 20.7. The van der Waals surface area contributed by atoms with Crippen LogP contribution in [0.4, 0.5) is 5.69 Å². The van der Waals surface area contributed by atoms with E-state index in [4.69, 9.17) is 9.26 Å². The second kappa shape index (κ2) is 10.4. The Balaban J connectivity index is 1.48. The van der Waals surface area contributed by atoms with E-state index in [1.165, 1.54) is 7.11 Å². The van der Waals surface area contributed by atoms with Crippen molar-refractivity contribution in [3.8, 4) is 17.1 Å². The quantitative estimate of drug-likeness (QED) is 0.372. The normalized spacial score (nSPS) is 11.1. The molecule has 0 bridgehead atoms. The van der Waals surface area contributed by atoms with Gasteiger partial charge in [-0.25, -0.2) is 0 Å². The number of ether oxygens (including phenoxy) is 1. The number of rotatable bonds is 7. The van der Waals surface area contributed by atoms with Crippen LogP contribution in [0.15, 0.2) is 77.6 Å². The predicted octanol–water partition coefficient (Wildman–Crippen LogP) is 5.23. The molecule has 0 radical (unpaired) electrons. The van der Waals surface area contributed by atoms with E-state index in [0.29, 0.717) is 34.9 Å². The van der Waals surface area contributed by atoms with Gasteiger partial charge in [0.2, 0.25) is 0 Å². The third-order valence-corrected chi connectivity index (χ3v) is 5.66. The molecule has 0 atom stereocenters. The predicted molar refractivity (Wildman–Crippen MR) is 137 cm³/mol. The number of pyridine rings is 1. The molecule has 0 spiro atoms. The fourth-order valence-electron chi connectivity index (χ4n) is 3.59. The summed E-state index contributed by atoms with van der Waals surface area (Å²) in [6.07, 6.45) is 3.33. The molecule has 2 amide bonds. The number of nitrogens with zero attached hydrogens (tertiary/aromatic N) is 2. The second-order valence-electron chi connectivity index (χ2n) is 9.31. The van der Waals surface area contributed by atoms with Crippen LogP contribution in [0.3, 0.4) is 0 Å². The maximum Gasteiger partial charge on any atom is 0.273 e. The number of methoxy groups -OCH3 is 1. The highest BCUT2D eigenvalue weighted by atomic mass is 16.5. The summed E-state index contributed by atoms with van der Waals surface area (Å²) in [5.74, 6) is 0.266. The van der Waals surface area contributed by atoms with Gasteiger partial charge in [0.25, 0.3) is 11.8 Å². The lowest BCUT2D eigenvalue weighted by Gasteiger charge is -2.21. The molecule has 8 nitrogen and oxygen atoms in total. The Morgan fingerprint density at radius 1 is 0.972 bits per heavy atom. The van der Waals surface area contributed by atoms with E-state index in [9.17, 15) is 9.59 Å². The van der Waals surface area contributed by atoms with Gasteiger partial charge < -0.3 is 19.9 Å². The first-order chi connectivity index (χ1) is 17.2. The molecule has 0 saturated heterocycles. The Kier molecular flexibility index (Phi) is 7.15. The van der Waals surface area contributed by atoms with Gasteiger partial charge in [-0.2, -0.15) is 0 Å². The molecule has 8 heteroatoms. The van der Waals surface area contributed by atoms with Crippen LogP contribution in [0.1, 0.15) is 52.7 Å². The molecule has 4 rings (SSSR count). The monoisotopic (exact) mass is 484 g/mol. The van der Waals surface area contributed by atoms with E-state index in [0.717, 1.165) is 11.1 Å².